The Morgan fingerprint density at radius 3 is 2.45 bits per heavy atom. The Morgan fingerprint density at radius 2 is 1.82 bits per heavy atom. The van der Waals surface area contributed by atoms with Crippen LogP contribution in [0, 0.1) is 17.7 Å². The monoisotopic (exact) mass is 520 g/mol. The van der Waals surface area contributed by atoms with Crippen molar-refractivity contribution < 1.29 is 18.7 Å². The van der Waals surface area contributed by atoms with Crippen LogP contribution in [-0.2, 0) is 4.74 Å². The van der Waals surface area contributed by atoms with Gasteiger partial charge in [0.1, 0.15) is 11.4 Å². The predicted molar refractivity (Wildman–Crippen MR) is 145 cm³/mol. The van der Waals surface area contributed by atoms with Crippen molar-refractivity contribution in [3.8, 4) is 5.69 Å². The smallest absolute Gasteiger partial charge is 0.410 e. The van der Waals surface area contributed by atoms with Crippen molar-refractivity contribution in [3.05, 3.63) is 59.8 Å². The lowest BCUT2D eigenvalue weighted by Gasteiger charge is -2.25. The molecule has 3 heterocycles. The topological polar surface area (TPSA) is 67.7 Å². The number of ether oxygens (including phenoxy) is 1. The van der Waals surface area contributed by atoms with Gasteiger partial charge in [0.25, 0.3) is 5.91 Å². The van der Waals surface area contributed by atoms with Gasteiger partial charge in [-0.15, -0.1) is 0 Å². The lowest BCUT2D eigenvalue weighted by molar-refractivity contribution is 0.0279. The standard InChI is InChI=1S/C30H37FN4O3/c1-18(2)33(6)28(36)24-13-22(31)7-8-26(24)35-17-25(23-9-10-32-14-27(23)35)19-11-20-15-34(16-21(20)12-19)29(37)38-30(3,4)5/h7-10,13-14,17-21H,11-12,15-16H2,1-6H3/t19?,20-,21+. The lowest BCUT2D eigenvalue weighted by atomic mass is 9.96. The van der Waals surface area contributed by atoms with Gasteiger partial charge in [0.05, 0.1) is 23.0 Å². The summed E-state index contributed by atoms with van der Waals surface area (Å²) in [6, 6.07) is 6.40. The largest absolute Gasteiger partial charge is 0.444 e. The van der Waals surface area contributed by atoms with Gasteiger partial charge in [0.15, 0.2) is 0 Å². The van der Waals surface area contributed by atoms with Crippen molar-refractivity contribution >= 4 is 22.9 Å². The first-order valence-corrected chi connectivity index (χ1v) is 13.4. The number of hydrogen-bond acceptors (Lipinski definition) is 4. The molecule has 8 heteroatoms. The summed E-state index contributed by atoms with van der Waals surface area (Å²) in [7, 11) is 1.74. The summed E-state index contributed by atoms with van der Waals surface area (Å²) in [6.07, 6.45) is 7.43. The molecule has 0 spiro atoms. The molecule has 2 amide bonds. The molecule has 2 aliphatic rings. The summed E-state index contributed by atoms with van der Waals surface area (Å²) < 4.78 is 21.9. The summed E-state index contributed by atoms with van der Waals surface area (Å²) in [5.74, 6) is 0.516. The predicted octanol–water partition coefficient (Wildman–Crippen LogP) is 6.01. The van der Waals surface area contributed by atoms with Crippen LogP contribution < -0.4 is 0 Å². The van der Waals surface area contributed by atoms with Crippen LogP contribution in [0.4, 0.5) is 9.18 Å². The molecule has 0 radical (unpaired) electrons. The Labute approximate surface area is 223 Å². The van der Waals surface area contributed by atoms with Crippen molar-refractivity contribution in [2.45, 2.75) is 65.0 Å². The zero-order chi connectivity index (χ0) is 27.4. The van der Waals surface area contributed by atoms with E-state index in [9.17, 15) is 14.0 Å². The third-order valence-corrected chi connectivity index (χ3v) is 8.02. The van der Waals surface area contributed by atoms with E-state index in [1.807, 2.05) is 56.3 Å². The summed E-state index contributed by atoms with van der Waals surface area (Å²) >= 11 is 0. The van der Waals surface area contributed by atoms with E-state index in [1.165, 1.54) is 17.7 Å². The highest BCUT2D eigenvalue weighted by atomic mass is 19.1. The molecule has 3 atom stereocenters. The van der Waals surface area contributed by atoms with Crippen LogP contribution in [0.15, 0.2) is 42.9 Å². The van der Waals surface area contributed by atoms with E-state index in [0.717, 1.165) is 23.7 Å². The molecule has 1 saturated carbocycles. The van der Waals surface area contributed by atoms with Crippen molar-refractivity contribution in [1.82, 2.24) is 19.4 Å². The molecule has 1 saturated heterocycles. The van der Waals surface area contributed by atoms with Crippen LogP contribution >= 0.6 is 0 Å². The zero-order valence-electron chi connectivity index (χ0n) is 23.1. The Morgan fingerprint density at radius 1 is 1.13 bits per heavy atom. The molecule has 1 aromatic carbocycles. The number of amides is 2. The van der Waals surface area contributed by atoms with Crippen LogP contribution in [0.5, 0.6) is 0 Å². The van der Waals surface area contributed by atoms with Crippen LogP contribution in [0.25, 0.3) is 16.6 Å². The van der Waals surface area contributed by atoms with Crippen LogP contribution in [0.1, 0.15) is 69.3 Å². The van der Waals surface area contributed by atoms with Gasteiger partial charge in [-0.2, -0.15) is 0 Å². The molecule has 0 N–H and O–H groups in total. The molecule has 5 rings (SSSR count). The van der Waals surface area contributed by atoms with Gasteiger partial charge in [-0.05, 0) is 95.0 Å². The van der Waals surface area contributed by atoms with E-state index in [4.69, 9.17) is 4.74 Å². The number of fused-ring (bicyclic) bond motifs is 2. The van der Waals surface area contributed by atoms with Crippen molar-refractivity contribution in [3.63, 3.8) is 0 Å². The molecule has 202 valence electrons. The minimum Gasteiger partial charge on any atom is -0.444 e. The molecular formula is C30H37FN4O3. The number of hydrogen-bond donors (Lipinski definition) is 0. The summed E-state index contributed by atoms with van der Waals surface area (Å²) in [5.41, 5.74) is 2.56. The lowest BCUT2D eigenvalue weighted by Crippen LogP contribution is -2.36. The van der Waals surface area contributed by atoms with Crippen molar-refractivity contribution in [1.29, 1.82) is 0 Å². The van der Waals surface area contributed by atoms with Gasteiger partial charge in [0.2, 0.25) is 0 Å². The van der Waals surface area contributed by atoms with E-state index in [1.54, 1.807) is 24.2 Å². The van der Waals surface area contributed by atoms with Gasteiger partial charge in [-0.3, -0.25) is 9.78 Å². The molecule has 3 aromatic rings. The average molecular weight is 521 g/mol. The second kappa shape index (κ2) is 9.71. The van der Waals surface area contributed by atoms with Gasteiger partial charge < -0.3 is 19.1 Å². The number of carbonyl (C=O) groups excluding carboxylic acids is 2. The number of benzene rings is 1. The van der Waals surface area contributed by atoms with Gasteiger partial charge in [-0.25, -0.2) is 9.18 Å². The number of aromatic nitrogens is 2. The second-order valence-electron chi connectivity index (χ2n) is 12.1. The molecule has 2 aromatic heterocycles. The Kier molecular flexibility index (Phi) is 6.70. The van der Waals surface area contributed by atoms with Crippen LogP contribution in [-0.4, -0.2) is 63.1 Å². The average Bonchev–Trinajstić information content (AvgIpc) is 3.53. The Hall–Kier alpha value is -3.42. The maximum atomic E-state index is 14.3. The number of rotatable bonds is 4. The Bertz CT molecular complexity index is 1360. The molecule has 1 aliphatic heterocycles. The van der Waals surface area contributed by atoms with E-state index in [2.05, 4.69) is 11.2 Å². The molecule has 38 heavy (non-hydrogen) atoms. The number of carbonyl (C=O) groups is 2. The quantitative estimate of drug-likeness (QED) is 0.423. The van der Waals surface area contributed by atoms with Crippen molar-refractivity contribution in [2.75, 3.05) is 20.1 Å². The number of halogens is 1. The molecule has 7 nitrogen and oxygen atoms in total. The minimum atomic E-state index is -0.502. The fraction of sp³-hybridized carbons (Fsp3) is 0.500. The van der Waals surface area contributed by atoms with E-state index >= 15 is 0 Å². The van der Waals surface area contributed by atoms with Gasteiger partial charge in [0, 0.05) is 44.0 Å². The number of nitrogens with zero attached hydrogens (tertiary/aromatic N) is 4. The van der Waals surface area contributed by atoms with E-state index < -0.39 is 11.4 Å². The molecular weight excluding hydrogens is 483 g/mol. The first kappa shape index (κ1) is 26.2. The molecule has 1 aliphatic carbocycles. The summed E-state index contributed by atoms with van der Waals surface area (Å²) in [4.78, 5) is 33.8. The maximum Gasteiger partial charge on any atom is 0.410 e. The molecule has 0 bridgehead atoms. The van der Waals surface area contributed by atoms with Gasteiger partial charge >= 0.3 is 6.09 Å². The summed E-state index contributed by atoms with van der Waals surface area (Å²) in [6.45, 7) is 11.0. The van der Waals surface area contributed by atoms with E-state index in [-0.39, 0.29) is 18.0 Å². The highest BCUT2D eigenvalue weighted by molar-refractivity contribution is 5.99. The number of pyridine rings is 1. The third kappa shape index (κ3) is 4.88. The first-order chi connectivity index (χ1) is 17.9. The zero-order valence-corrected chi connectivity index (χ0v) is 23.1. The first-order valence-electron chi connectivity index (χ1n) is 13.4. The molecule has 2 fully saturated rings. The number of likely N-dealkylation sites (tertiary alicyclic amines) is 1. The SMILES string of the molecule is CC(C)N(C)C(=O)c1cc(F)ccc1-n1cc(C2C[C@@H]3CN(C(=O)OC(C)(C)C)C[C@@H]3C2)c2ccncc21. The Balaban J connectivity index is 1.45. The molecule has 1 unspecified atom stereocenters. The fourth-order valence-corrected chi connectivity index (χ4v) is 5.97. The van der Waals surface area contributed by atoms with Crippen LogP contribution in [0.2, 0.25) is 0 Å². The fourth-order valence-electron chi connectivity index (χ4n) is 5.97. The van der Waals surface area contributed by atoms with E-state index in [0.29, 0.717) is 42.1 Å². The minimum absolute atomic E-state index is 0.0182. The van der Waals surface area contributed by atoms with Crippen molar-refractivity contribution in [2.24, 2.45) is 11.8 Å². The summed E-state index contributed by atoms with van der Waals surface area (Å²) in [5, 5.41) is 1.09. The van der Waals surface area contributed by atoms with Crippen LogP contribution in [0.3, 0.4) is 0 Å². The maximum absolute atomic E-state index is 14.3. The van der Waals surface area contributed by atoms with Gasteiger partial charge in [-0.1, -0.05) is 0 Å². The third-order valence-electron chi connectivity index (χ3n) is 8.02. The normalized spacial score (nSPS) is 21.3. The highest BCUT2D eigenvalue weighted by Gasteiger charge is 2.44. The second-order valence-corrected chi connectivity index (χ2v) is 12.1. The highest BCUT2D eigenvalue weighted by Crippen LogP contribution is 2.48.